The lowest BCUT2D eigenvalue weighted by molar-refractivity contribution is 0.140. The van der Waals surface area contributed by atoms with Crippen molar-refractivity contribution >= 4 is 11.6 Å². The number of nitrogens with one attached hydrogen (secondary N) is 1. The standard InChI is InChI=1S/C15H23ClFNO/c1-3-18-13(8-6-10-19-4-2)11-12-7-5-9-14(16)15(12)17/h5,7,9,13,18H,3-4,6,8,10-11H2,1-2H3. The highest BCUT2D eigenvalue weighted by Crippen LogP contribution is 2.20. The molecule has 0 bridgehead atoms. The van der Waals surface area contributed by atoms with Gasteiger partial charge in [-0.15, -0.1) is 0 Å². The molecule has 1 aromatic carbocycles. The number of hydrogen-bond donors (Lipinski definition) is 1. The van der Waals surface area contributed by atoms with E-state index in [0.717, 1.165) is 32.6 Å². The molecule has 1 unspecified atom stereocenters. The Bertz CT molecular complexity index is 373. The predicted molar refractivity (Wildman–Crippen MR) is 78.3 cm³/mol. The van der Waals surface area contributed by atoms with Gasteiger partial charge in [0.25, 0.3) is 0 Å². The molecule has 0 saturated heterocycles. The van der Waals surface area contributed by atoms with Crippen LogP contribution in [0.25, 0.3) is 0 Å². The van der Waals surface area contributed by atoms with Gasteiger partial charge in [0.05, 0.1) is 5.02 Å². The fourth-order valence-electron chi connectivity index (χ4n) is 2.11. The molecule has 4 heteroatoms. The molecule has 0 aliphatic heterocycles. The highest BCUT2D eigenvalue weighted by Gasteiger charge is 2.13. The molecular weight excluding hydrogens is 265 g/mol. The second-order valence-electron chi connectivity index (χ2n) is 4.51. The molecule has 0 heterocycles. The summed E-state index contributed by atoms with van der Waals surface area (Å²) >= 11 is 5.80. The number of halogens is 2. The number of ether oxygens (including phenoxy) is 1. The van der Waals surface area contributed by atoms with E-state index in [9.17, 15) is 4.39 Å². The van der Waals surface area contributed by atoms with E-state index in [4.69, 9.17) is 16.3 Å². The van der Waals surface area contributed by atoms with E-state index in [0.29, 0.717) is 12.0 Å². The zero-order valence-electron chi connectivity index (χ0n) is 11.7. The second-order valence-corrected chi connectivity index (χ2v) is 4.92. The third kappa shape index (κ3) is 5.89. The maximum Gasteiger partial charge on any atom is 0.145 e. The minimum atomic E-state index is -0.295. The normalized spacial score (nSPS) is 12.6. The van der Waals surface area contributed by atoms with Crippen LogP contribution < -0.4 is 5.32 Å². The number of hydrogen-bond acceptors (Lipinski definition) is 2. The lowest BCUT2D eigenvalue weighted by atomic mass is 10.0. The molecular formula is C15H23ClFNO. The van der Waals surface area contributed by atoms with E-state index in [1.807, 2.05) is 6.92 Å². The molecule has 108 valence electrons. The van der Waals surface area contributed by atoms with Crippen molar-refractivity contribution in [3.05, 3.63) is 34.6 Å². The minimum Gasteiger partial charge on any atom is -0.382 e. The van der Waals surface area contributed by atoms with Crippen molar-refractivity contribution in [2.45, 2.75) is 39.2 Å². The third-order valence-electron chi connectivity index (χ3n) is 3.04. The molecule has 0 amide bonds. The molecule has 0 fully saturated rings. The third-order valence-corrected chi connectivity index (χ3v) is 3.33. The van der Waals surface area contributed by atoms with Gasteiger partial charge in [-0.3, -0.25) is 0 Å². The van der Waals surface area contributed by atoms with E-state index in [1.165, 1.54) is 0 Å². The first-order chi connectivity index (χ1) is 9.19. The maximum atomic E-state index is 13.9. The fraction of sp³-hybridized carbons (Fsp3) is 0.600. The number of benzene rings is 1. The van der Waals surface area contributed by atoms with Crippen LogP contribution in [0.1, 0.15) is 32.3 Å². The van der Waals surface area contributed by atoms with Gasteiger partial charge in [-0.25, -0.2) is 4.39 Å². The molecule has 0 aliphatic rings. The van der Waals surface area contributed by atoms with E-state index in [-0.39, 0.29) is 16.9 Å². The summed E-state index contributed by atoms with van der Waals surface area (Å²) in [5.74, 6) is -0.295. The highest BCUT2D eigenvalue weighted by molar-refractivity contribution is 6.30. The summed E-state index contributed by atoms with van der Waals surface area (Å²) in [6.07, 6.45) is 2.61. The van der Waals surface area contributed by atoms with Gasteiger partial charge in [0.1, 0.15) is 5.82 Å². The largest absolute Gasteiger partial charge is 0.382 e. The molecule has 1 N–H and O–H groups in total. The molecule has 0 saturated carbocycles. The molecule has 0 aliphatic carbocycles. The van der Waals surface area contributed by atoms with Crippen LogP contribution in [0.4, 0.5) is 4.39 Å². The molecule has 0 radical (unpaired) electrons. The summed E-state index contributed by atoms with van der Waals surface area (Å²) in [6.45, 7) is 6.43. The van der Waals surface area contributed by atoms with Crippen LogP contribution in [0, 0.1) is 5.82 Å². The zero-order chi connectivity index (χ0) is 14.1. The molecule has 0 spiro atoms. The van der Waals surface area contributed by atoms with Gasteiger partial charge in [0.2, 0.25) is 0 Å². The van der Waals surface area contributed by atoms with Crippen molar-refractivity contribution in [3.8, 4) is 0 Å². The Balaban J connectivity index is 2.54. The molecule has 19 heavy (non-hydrogen) atoms. The van der Waals surface area contributed by atoms with Gasteiger partial charge in [-0.05, 0) is 44.4 Å². The lowest BCUT2D eigenvalue weighted by Gasteiger charge is -2.18. The summed E-state index contributed by atoms with van der Waals surface area (Å²) in [6, 6.07) is 5.44. The lowest BCUT2D eigenvalue weighted by Crippen LogP contribution is -2.31. The average Bonchev–Trinajstić information content (AvgIpc) is 2.40. The topological polar surface area (TPSA) is 21.3 Å². The Morgan fingerprint density at radius 1 is 1.37 bits per heavy atom. The first-order valence-corrected chi connectivity index (χ1v) is 7.30. The first-order valence-electron chi connectivity index (χ1n) is 6.93. The predicted octanol–water partition coefficient (Wildman–Crippen LogP) is 3.82. The van der Waals surface area contributed by atoms with Crippen LogP contribution in [-0.2, 0) is 11.2 Å². The van der Waals surface area contributed by atoms with Crippen molar-refractivity contribution in [2.24, 2.45) is 0 Å². The number of likely N-dealkylation sites (N-methyl/N-ethyl adjacent to an activating group) is 1. The van der Waals surface area contributed by atoms with Gasteiger partial charge in [-0.2, -0.15) is 0 Å². The van der Waals surface area contributed by atoms with Crippen LogP contribution in [-0.4, -0.2) is 25.8 Å². The SMILES string of the molecule is CCNC(CCCOCC)Cc1cccc(Cl)c1F. The van der Waals surface area contributed by atoms with Crippen LogP contribution in [0.3, 0.4) is 0 Å². The van der Waals surface area contributed by atoms with E-state index in [1.54, 1.807) is 18.2 Å². The monoisotopic (exact) mass is 287 g/mol. The highest BCUT2D eigenvalue weighted by atomic mass is 35.5. The molecule has 2 nitrogen and oxygen atoms in total. The van der Waals surface area contributed by atoms with Gasteiger partial charge in [0.15, 0.2) is 0 Å². The van der Waals surface area contributed by atoms with Crippen molar-refractivity contribution < 1.29 is 9.13 Å². The van der Waals surface area contributed by atoms with Crippen LogP contribution in [0.2, 0.25) is 5.02 Å². The van der Waals surface area contributed by atoms with Crippen molar-refractivity contribution in [1.82, 2.24) is 5.32 Å². The van der Waals surface area contributed by atoms with E-state index < -0.39 is 0 Å². The first kappa shape index (κ1) is 16.4. The van der Waals surface area contributed by atoms with E-state index >= 15 is 0 Å². The Morgan fingerprint density at radius 2 is 2.16 bits per heavy atom. The average molecular weight is 288 g/mol. The van der Waals surface area contributed by atoms with Gasteiger partial charge >= 0.3 is 0 Å². The maximum absolute atomic E-state index is 13.9. The summed E-state index contributed by atoms with van der Waals surface area (Å²) in [4.78, 5) is 0. The van der Waals surface area contributed by atoms with Gasteiger partial charge in [0, 0.05) is 19.3 Å². The molecule has 1 aromatic rings. The van der Waals surface area contributed by atoms with Gasteiger partial charge in [-0.1, -0.05) is 30.7 Å². The summed E-state index contributed by atoms with van der Waals surface area (Å²) in [5.41, 5.74) is 0.676. The Morgan fingerprint density at radius 3 is 2.84 bits per heavy atom. The Hall–Kier alpha value is -0.640. The quantitative estimate of drug-likeness (QED) is 0.697. The van der Waals surface area contributed by atoms with Crippen molar-refractivity contribution in [2.75, 3.05) is 19.8 Å². The summed E-state index contributed by atoms with van der Waals surface area (Å²) in [7, 11) is 0. The van der Waals surface area contributed by atoms with Crippen LogP contribution in [0.5, 0.6) is 0 Å². The van der Waals surface area contributed by atoms with Crippen LogP contribution in [0.15, 0.2) is 18.2 Å². The molecule has 1 atom stereocenters. The summed E-state index contributed by atoms with van der Waals surface area (Å²) < 4.78 is 19.2. The van der Waals surface area contributed by atoms with E-state index in [2.05, 4.69) is 12.2 Å². The zero-order valence-corrected chi connectivity index (χ0v) is 12.5. The molecule has 1 rings (SSSR count). The van der Waals surface area contributed by atoms with Gasteiger partial charge < -0.3 is 10.1 Å². The fourth-order valence-corrected chi connectivity index (χ4v) is 2.31. The van der Waals surface area contributed by atoms with Crippen LogP contribution >= 0.6 is 11.6 Å². The minimum absolute atomic E-state index is 0.196. The van der Waals surface area contributed by atoms with Crippen molar-refractivity contribution in [3.63, 3.8) is 0 Å². The number of rotatable bonds is 9. The Labute approximate surface area is 120 Å². The summed E-state index contributed by atoms with van der Waals surface area (Å²) in [5, 5.41) is 3.59. The van der Waals surface area contributed by atoms with Crippen molar-refractivity contribution in [1.29, 1.82) is 0 Å². The second kappa shape index (κ2) is 9.29. The molecule has 0 aromatic heterocycles. The smallest absolute Gasteiger partial charge is 0.145 e. The Kier molecular flexibility index (Phi) is 8.03.